The molecule has 29 heavy (non-hydrogen) atoms. The van der Waals surface area contributed by atoms with Gasteiger partial charge in [0, 0.05) is 16.8 Å². The Morgan fingerprint density at radius 2 is 1.90 bits per heavy atom. The molecule has 2 aromatic carbocycles. The van der Waals surface area contributed by atoms with E-state index in [2.05, 4.69) is 10.6 Å². The number of ether oxygens (including phenoxy) is 1. The highest BCUT2D eigenvalue weighted by atomic mass is 35.5. The quantitative estimate of drug-likeness (QED) is 0.585. The number of hydrogen-bond donors (Lipinski definition) is 2. The highest BCUT2D eigenvalue weighted by Gasteiger charge is 2.34. The minimum atomic E-state index is -4.63. The van der Waals surface area contributed by atoms with Crippen LogP contribution in [0.3, 0.4) is 0 Å². The fourth-order valence-electron chi connectivity index (χ4n) is 3.27. The van der Waals surface area contributed by atoms with Crippen molar-refractivity contribution in [2.24, 2.45) is 0 Å². The molecule has 0 heterocycles. The van der Waals surface area contributed by atoms with Crippen LogP contribution in [0, 0.1) is 0 Å². The molecule has 2 aromatic rings. The Hall–Kier alpha value is -2.41. The lowest BCUT2D eigenvalue weighted by atomic mass is 10.1. The molecule has 1 aliphatic rings. The van der Waals surface area contributed by atoms with E-state index in [1.54, 1.807) is 25.1 Å². The summed E-state index contributed by atoms with van der Waals surface area (Å²) < 4.78 is 45.5. The number of nitrogens with one attached hydrogen (secondary N) is 2. The summed E-state index contributed by atoms with van der Waals surface area (Å²) in [4.78, 5) is 12.4. The number of carbonyl (C=O) groups is 1. The molecule has 0 aromatic heterocycles. The summed E-state index contributed by atoms with van der Waals surface area (Å²) in [5.74, 6) is 0.103. The van der Waals surface area contributed by atoms with E-state index in [0.29, 0.717) is 11.4 Å². The number of anilines is 2. The van der Waals surface area contributed by atoms with Crippen LogP contribution in [0.5, 0.6) is 5.75 Å². The molecule has 156 valence electrons. The average molecular weight is 427 g/mol. The van der Waals surface area contributed by atoms with Crippen LogP contribution in [0.4, 0.5) is 24.5 Å². The summed E-state index contributed by atoms with van der Waals surface area (Å²) in [6.07, 6.45) is -0.0555. The third kappa shape index (κ3) is 5.79. The van der Waals surface area contributed by atoms with Gasteiger partial charge in [-0.3, -0.25) is 4.79 Å². The maximum atomic E-state index is 13.2. The third-order valence-corrected chi connectivity index (χ3v) is 5.00. The molecule has 2 N–H and O–H groups in total. The van der Waals surface area contributed by atoms with E-state index in [-0.39, 0.29) is 16.8 Å². The average Bonchev–Trinajstić information content (AvgIpc) is 3.15. The molecule has 0 radical (unpaired) electrons. The summed E-state index contributed by atoms with van der Waals surface area (Å²) in [7, 11) is 0. The van der Waals surface area contributed by atoms with Crippen molar-refractivity contribution in [3.63, 3.8) is 0 Å². The van der Waals surface area contributed by atoms with Gasteiger partial charge in [-0.2, -0.15) is 13.2 Å². The van der Waals surface area contributed by atoms with E-state index in [4.69, 9.17) is 16.3 Å². The zero-order valence-electron chi connectivity index (χ0n) is 15.9. The second kappa shape index (κ2) is 8.95. The van der Waals surface area contributed by atoms with Gasteiger partial charge in [-0.1, -0.05) is 17.7 Å². The largest absolute Gasteiger partial charge is 0.490 e. The number of amides is 1. The first-order chi connectivity index (χ1) is 13.7. The van der Waals surface area contributed by atoms with E-state index < -0.39 is 23.7 Å². The van der Waals surface area contributed by atoms with Crippen LogP contribution in [0.25, 0.3) is 0 Å². The van der Waals surface area contributed by atoms with Crippen LogP contribution < -0.4 is 15.4 Å². The molecule has 1 amide bonds. The Labute approximate surface area is 172 Å². The van der Waals surface area contributed by atoms with Gasteiger partial charge in [0.2, 0.25) is 5.91 Å². The second-order valence-electron chi connectivity index (χ2n) is 7.10. The molecule has 0 saturated heterocycles. The topological polar surface area (TPSA) is 50.4 Å². The van der Waals surface area contributed by atoms with Crippen molar-refractivity contribution in [2.45, 2.75) is 50.9 Å². The summed E-state index contributed by atoms with van der Waals surface area (Å²) in [6.45, 7) is 1.57. The predicted octanol–water partition coefficient (Wildman–Crippen LogP) is 6.12. The Kier molecular flexibility index (Phi) is 6.57. The number of carbonyl (C=O) groups excluding carboxylic acids is 1. The van der Waals surface area contributed by atoms with Crippen LogP contribution in [-0.4, -0.2) is 18.1 Å². The van der Waals surface area contributed by atoms with Crippen LogP contribution >= 0.6 is 11.6 Å². The normalized spacial score (nSPS) is 15.8. The standard InChI is InChI=1S/C21H22ClF3N2O2/c1-13(20(28)27-19-10-9-14(22)11-18(19)21(23,24)25)26-15-5-4-8-17(12-15)29-16-6-2-3-7-16/h4-5,8-13,16,26H,2-3,6-7H2,1H3,(H,27,28). The Balaban J connectivity index is 1.65. The van der Waals surface area contributed by atoms with Crippen molar-refractivity contribution in [1.29, 1.82) is 0 Å². The SMILES string of the molecule is CC(Nc1cccc(OC2CCCC2)c1)C(=O)Nc1ccc(Cl)cc1C(F)(F)F. The van der Waals surface area contributed by atoms with Gasteiger partial charge in [-0.15, -0.1) is 0 Å². The van der Waals surface area contributed by atoms with Gasteiger partial charge in [0.1, 0.15) is 11.8 Å². The summed E-state index contributed by atoms with van der Waals surface area (Å²) in [6, 6.07) is 9.67. The smallest absolute Gasteiger partial charge is 0.418 e. The number of halogens is 4. The molecular formula is C21H22ClF3N2O2. The molecule has 3 rings (SSSR count). The highest BCUT2D eigenvalue weighted by molar-refractivity contribution is 6.30. The zero-order valence-corrected chi connectivity index (χ0v) is 16.6. The maximum Gasteiger partial charge on any atom is 0.418 e. The zero-order chi connectivity index (χ0) is 21.0. The second-order valence-corrected chi connectivity index (χ2v) is 7.53. The van der Waals surface area contributed by atoms with E-state index in [1.165, 1.54) is 6.07 Å². The minimum absolute atomic E-state index is 0.0550. The van der Waals surface area contributed by atoms with Crippen LogP contribution in [0.2, 0.25) is 5.02 Å². The van der Waals surface area contributed by atoms with Crippen molar-refractivity contribution in [2.75, 3.05) is 10.6 Å². The summed E-state index contributed by atoms with van der Waals surface area (Å²) >= 11 is 5.67. The van der Waals surface area contributed by atoms with E-state index >= 15 is 0 Å². The molecule has 1 saturated carbocycles. The lowest BCUT2D eigenvalue weighted by Crippen LogP contribution is -2.32. The molecule has 0 bridgehead atoms. The maximum absolute atomic E-state index is 13.2. The van der Waals surface area contributed by atoms with Gasteiger partial charge >= 0.3 is 6.18 Å². The lowest BCUT2D eigenvalue weighted by molar-refractivity contribution is -0.137. The molecule has 1 aliphatic carbocycles. The van der Waals surface area contributed by atoms with Crippen molar-refractivity contribution in [3.05, 3.63) is 53.1 Å². The van der Waals surface area contributed by atoms with Gasteiger partial charge in [-0.05, 0) is 62.9 Å². The van der Waals surface area contributed by atoms with Gasteiger partial charge in [0.25, 0.3) is 0 Å². The lowest BCUT2D eigenvalue weighted by Gasteiger charge is -2.19. The van der Waals surface area contributed by atoms with Crippen molar-refractivity contribution < 1.29 is 22.7 Å². The monoisotopic (exact) mass is 426 g/mol. The summed E-state index contributed by atoms with van der Waals surface area (Å²) in [5, 5.41) is 5.27. The minimum Gasteiger partial charge on any atom is -0.490 e. The van der Waals surface area contributed by atoms with Crippen molar-refractivity contribution >= 4 is 28.9 Å². The van der Waals surface area contributed by atoms with Crippen molar-refractivity contribution in [1.82, 2.24) is 0 Å². The number of alkyl halides is 3. The molecule has 4 nitrogen and oxygen atoms in total. The van der Waals surface area contributed by atoms with Gasteiger partial charge in [-0.25, -0.2) is 0 Å². The van der Waals surface area contributed by atoms with Gasteiger partial charge in [0.15, 0.2) is 0 Å². The summed E-state index contributed by atoms with van der Waals surface area (Å²) in [5.41, 5.74) is -0.674. The Bertz CT molecular complexity index is 867. The third-order valence-electron chi connectivity index (χ3n) is 4.76. The predicted molar refractivity (Wildman–Crippen MR) is 107 cm³/mol. The molecule has 1 fully saturated rings. The number of benzene rings is 2. The Morgan fingerprint density at radius 1 is 1.17 bits per heavy atom. The van der Waals surface area contributed by atoms with Gasteiger partial charge in [0.05, 0.1) is 17.4 Å². The van der Waals surface area contributed by atoms with Crippen LogP contribution in [0.15, 0.2) is 42.5 Å². The van der Waals surface area contributed by atoms with E-state index in [0.717, 1.165) is 37.8 Å². The van der Waals surface area contributed by atoms with Crippen LogP contribution in [0.1, 0.15) is 38.2 Å². The number of rotatable bonds is 6. The number of hydrogen-bond acceptors (Lipinski definition) is 3. The van der Waals surface area contributed by atoms with E-state index in [9.17, 15) is 18.0 Å². The first-order valence-corrected chi connectivity index (χ1v) is 9.81. The fraction of sp³-hybridized carbons (Fsp3) is 0.381. The fourth-order valence-corrected chi connectivity index (χ4v) is 3.45. The van der Waals surface area contributed by atoms with Gasteiger partial charge < -0.3 is 15.4 Å². The molecule has 1 unspecified atom stereocenters. The van der Waals surface area contributed by atoms with Crippen LogP contribution in [-0.2, 0) is 11.0 Å². The van der Waals surface area contributed by atoms with Crippen molar-refractivity contribution in [3.8, 4) is 5.75 Å². The molecule has 0 aliphatic heterocycles. The first kappa shape index (κ1) is 21.3. The molecule has 0 spiro atoms. The Morgan fingerprint density at radius 3 is 2.59 bits per heavy atom. The molecular weight excluding hydrogens is 405 g/mol. The van der Waals surface area contributed by atoms with E-state index in [1.807, 2.05) is 6.07 Å². The molecule has 1 atom stereocenters. The molecule has 8 heteroatoms. The first-order valence-electron chi connectivity index (χ1n) is 9.43. The highest BCUT2D eigenvalue weighted by Crippen LogP contribution is 2.36.